The van der Waals surface area contributed by atoms with E-state index < -0.39 is 10.4 Å². The Balaban J connectivity index is 0.000000517. The quantitative estimate of drug-likeness (QED) is 0.0900. The van der Waals surface area contributed by atoms with Crippen molar-refractivity contribution in [1.29, 1.82) is 0 Å². The molecule has 2 aromatic carbocycles. The van der Waals surface area contributed by atoms with E-state index >= 15 is 0 Å². The Labute approximate surface area is 204 Å². The third kappa shape index (κ3) is 16.2. The van der Waals surface area contributed by atoms with E-state index in [4.69, 9.17) is 39.3 Å². The minimum atomic E-state index is -5.17. The van der Waals surface area contributed by atoms with Crippen LogP contribution in [0.15, 0.2) is 60.7 Å². The van der Waals surface area contributed by atoms with Crippen LogP contribution in [-0.4, -0.2) is 27.9 Å². The molecule has 0 saturated carbocycles. The lowest BCUT2D eigenvalue weighted by Gasteiger charge is -2.07. The Morgan fingerprint density at radius 2 is 1.06 bits per heavy atom. The molecule has 0 aliphatic rings. The summed E-state index contributed by atoms with van der Waals surface area (Å²) >= 11 is 2.09. The van der Waals surface area contributed by atoms with Gasteiger partial charge in [0.15, 0.2) is 0 Å². The van der Waals surface area contributed by atoms with Crippen molar-refractivity contribution in [2.45, 2.75) is 38.8 Å². The van der Waals surface area contributed by atoms with Crippen molar-refractivity contribution >= 4 is 44.6 Å². The van der Waals surface area contributed by atoms with Gasteiger partial charge in [0.25, 0.3) is 0 Å². The molecule has 13 heteroatoms. The van der Waals surface area contributed by atoms with Crippen LogP contribution in [0.3, 0.4) is 0 Å². The summed E-state index contributed by atoms with van der Waals surface area (Å²) in [6.45, 7) is 4.22. The van der Waals surface area contributed by atoms with Gasteiger partial charge in [-0.05, 0) is 24.0 Å². The lowest BCUT2D eigenvalue weighted by molar-refractivity contribution is -0.509. The van der Waals surface area contributed by atoms with Crippen LogP contribution >= 0.6 is 23.9 Å². The summed E-state index contributed by atoms with van der Waals surface area (Å²) in [6.07, 6.45) is 1.95. The molecule has 33 heavy (non-hydrogen) atoms. The zero-order chi connectivity index (χ0) is 25.3. The highest BCUT2D eigenvalue weighted by Gasteiger charge is 2.11. The molecule has 2 unspecified atom stereocenters. The van der Waals surface area contributed by atoms with Crippen molar-refractivity contribution in [3.63, 3.8) is 0 Å². The molecule has 2 atom stereocenters. The minimum absolute atomic E-state index is 0.243. The van der Waals surface area contributed by atoms with E-state index in [1.54, 1.807) is 0 Å². The van der Waals surface area contributed by atoms with Crippen LogP contribution in [0.2, 0.25) is 0 Å². The van der Waals surface area contributed by atoms with Gasteiger partial charge in [-0.3, -0.25) is 40.1 Å². The summed E-state index contributed by atoms with van der Waals surface area (Å²) < 4.78 is 34.1. The lowest BCUT2D eigenvalue weighted by atomic mass is 10.1. The maximum atomic E-state index is 8.52. The number of hydrogen-bond donors (Lipinski definition) is 6. The van der Waals surface area contributed by atoms with Gasteiger partial charge in [-0.1, -0.05) is 74.5 Å². The molecule has 184 valence electrons. The fourth-order valence-corrected chi connectivity index (χ4v) is 3.04. The highest BCUT2D eigenvalue weighted by molar-refractivity contribution is 8.11. The largest absolute Gasteiger partial charge is 0.759 e. The van der Waals surface area contributed by atoms with Crippen LogP contribution in [0.5, 0.6) is 0 Å². The third-order valence-electron chi connectivity index (χ3n) is 4.11. The summed E-state index contributed by atoms with van der Waals surface area (Å²) in [6, 6.07) is 20.9. The number of nitrogens with two attached hydrogens (primary N) is 4. The fourth-order valence-electron chi connectivity index (χ4n) is 2.62. The first-order valence-electron chi connectivity index (χ1n) is 9.83. The Bertz CT molecular complexity index is 873. The highest BCUT2D eigenvalue weighted by atomic mass is 32.3. The molecule has 0 aromatic heterocycles. The second-order valence-electron chi connectivity index (χ2n) is 6.40. The third-order valence-corrected chi connectivity index (χ3v) is 4.85. The number of nitrogens with one attached hydrogen (secondary N) is 2. The molecule has 0 amide bonds. The molecule has 2 aromatic rings. The van der Waals surface area contributed by atoms with Crippen molar-refractivity contribution in [1.82, 2.24) is 0 Å². The molecule has 0 heterocycles. The Hall–Kier alpha value is -2.13. The summed E-state index contributed by atoms with van der Waals surface area (Å²) in [5.41, 5.74) is 13.7. The molecule has 2 rings (SSSR count). The molecule has 0 radical (unpaired) electrons. The zero-order valence-electron chi connectivity index (χ0n) is 18.5. The van der Waals surface area contributed by atoms with Crippen LogP contribution in [0, 0.1) is 0 Å². The molecule has 0 aliphatic carbocycles. The van der Waals surface area contributed by atoms with Crippen LogP contribution in [0.1, 0.15) is 49.9 Å². The standard InChI is InChI=1S/2C10H15N3S.H2O4S/c2*1-2-9(13-10(11)14-12)8-6-4-3-5-7-8;1-5(2,3)4/h2*3-7,9H,2,12H2,1H3,(H2,11,13);(H2,1,2,3,4). The van der Waals surface area contributed by atoms with Crippen LogP contribution in [0.4, 0.5) is 0 Å². The first-order valence-corrected chi connectivity index (χ1v) is 12.9. The van der Waals surface area contributed by atoms with Gasteiger partial charge in [-0.2, -0.15) is 0 Å². The molecule has 0 bridgehead atoms. The van der Waals surface area contributed by atoms with Gasteiger partial charge < -0.3 is 9.11 Å². The Kier molecular flexibility index (Phi) is 16.2. The average Bonchev–Trinajstić information content (AvgIpc) is 2.81. The number of hydrogen-bond acceptors (Lipinski definition) is 8. The summed E-state index contributed by atoms with van der Waals surface area (Å²) in [7, 11) is -5.17. The van der Waals surface area contributed by atoms with Crippen molar-refractivity contribution in [3.05, 3.63) is 71.8 Å². The molecular formula is C20H32N6O4S3. The smallest absolute Gasteiger partial charge is 0.317 e. The van der Waals surface area contributed by atoms with Gasteiger partial charge in [0.1, 0.15) is 12.1 Å². The van der Waals surface area contributed by atoms with Crippen LogP contribution in [-0.2, 0) is 10.4 Å². The molecule has 0 fully saturated rings. The zero-order valence-corrected chi connectivity index (χ0v) is 21.0. The van der Waals surface area contributed by atoms with Gasteiger partial charge >= 0.3 is 10.3 Å². The monoisotopic (exact) mass is 516 g/mol. The van der Waals surface area contributed by atoms with Gasteiger partial charge in [-0.25, -0.2) is 0 Å². The van der Waals surface area contributed by atoms with E-state index in [2.05, 4.69) is 48.1 Å². The fraction of sp³-hybridized carbons (Fsp3) is 0.300. The molecule has 10 N–H and O–H groups in total. The maximum Gasteiger partial charge on any atom is 0.317 e. The molecular weight excluding hydrogens is 484 g/mol. The summed E-state index contributed by atoms with van der Waals surface area (Å²) in [4.78, 5) is 6.33. The van der Waals surface area contributed by atoms with Gasteiger partial charge in [0.2, 0.25) is 0 Å². The second kappa shape index (κ2) is 17.4. The normalized spacial score (nSPS) is 13.6. The Morgan fingerprint density at radius 3 is 1.27 bits per heavy atom. The highest BCUT2D eigenvalue weighted by Crippen LogP contribution is 2.11. The van der Waals surface area contributed by atoms with Crippen molar-refractivity contribution in [2.75, 3.05) is 0 Å². The van der Waals surface area contributed by atoms with Crippen molar-refractivity contribution in [3.8, 4) is 0 Å². The van der Waals surface area contributed by atoms with E-state index in [1.165, 1.54) is 11.1 Å². The predicted molar refractivity (Wildman–Crippen MR) is 133 cm³/mol. The minimum Gasteiger partial charge on any atom is -0.759 e. The Morgan fingerprint density at radius 1 is 0.788 bits per heavy atom. The van der Waals surface area contributed by atoms with Crippen molar-refractivity contribution < 1.29 is 27.5 Å². The van der Waals surface area contributed by atoms with E-state index in [-0.39, 0.29) is 12.1 Å². The number of amidine groups is 2. The topological polar surface area (TPSA) is 212 Å². The molecule has 0 spiro atoms. The molecule has 10 nitrogen and oxygen atoms in total. The van der Waals surface area contributed by atoms with Crippen molar-refractivity contribution in [2.24, 2.45) is 21.7 Å². The van der Waals surface area contributed by atoms with E-state index in [0.29, 0.717) is 10.3 Å². The van der Waals surface area contributed by atoms with Crippen LogP contribution < -0.4 is 31.7 Å². The van der Waals surface area contributed by atoms with Crippen LogP contribution in [0.25, 0.3) is 0 Å². The summed E-state index contributed by atoms with van der Waals surface area (Å²) in [5.74, 6) is 0. The van der Waals surface area contributed by atoms with Gasteiger partial charge in [0, 0.05) is 34.3 Å². The first-order chi connectivity index (χ1) is 15.5. The maximum absolute atomic E-state index is 8.52. The SMILES string of the molecule is CCC([NH+]=C(N)SN)c1ccccc1.CCC([NH+]=C(N)SN)c1ccccc1.O=S(=O)([O-])[O-]. The number of rotatable bonds is 6. The molecule has 0 aliphatic heterocycles. The van der Waals surface area contributed by atoms with E-state index in [1.807, 2.05) is 36.4 Å². The van der Waals surface area contributed by atoms with E-state index in [9.17, 15) is 0 Å². The number of benzene rings is 2. The average molecular weight is 517 g/mol. The summed E-state index contributed by atoms with van der Waals surface area (Å²) in [5, 5.41) is 11.8. The lowest BCUT2D eigenvalue weighted by Crippen LogP contribution is -2.76. The first kappa shape index (κ1) is 30.9. The van der Waals surface area contributed by atoms with E-state index in [0.717, 1.165) is 36.7 Å². The van der Waals surface area contributed by atoms with Gasteiger partial charge in [0.05, 0.1) is 0 Å². The second-order valence-corrected chi connectivity index (χ2v) is 8.57. The predicted octanol–water partition coefficient (Wildman–Crippen LogP) is -1.06. The van der Waals surface area contributed by atoms with Gasteiger partial charge in [-0.15, -0.1) is 0 Å². The molecule has 0 saturated heterocycles.